The summed E-state index contributed by atoms with van der Waals surface area (Å²) in [7, 11) is 0. The standard InChI is InChI=1S/C17H19N5O2S/c1-10-5-14(13(4)12(3)11(10)2)15(23)7-25-17-21-20-16(24-17)6-22-9-18-8-19-22/h5,8-9H,6-7H2,1-4H3. The number of hydrogen-bond acceptors (Lipinski definition) is 7. The fraction of sp³-hybridized carbons (Fsp3) is 0.353. The molecule has 25 heavy (non-hydrogen) atoms. The number of carbonyl (C=O) groups excluding carboxylic acids is 1. The molecule has 2 heterocycles. The summed E-state index contributed by atoms with van der Waals surface area (Å²) in [5.41, 5.74) is 5.32. The molecule has 0 aliphatic rings. The van der Waals surface area contributed by atoms with Crippen molar-refractivity contribution in [1.29, 1.82) is 0 Å². The van der Waals surface area contributed by atoms with Crippen LogP contribution in [0.5, 0.6) is 0 Å². The van der Waals surface area contributed by atoms with Gasteiger partial charge in [-0.05, 0) is 56.0 Å². The summed E-state index contributed by atoms with van der Waals surface area (Å²) in [5, 5.41) is 12.3. The van der Waals surface area contributed by atoms with Crippen molar-refractivity contribution in [3.8, 4) is 0 Å². The molecule has 0 N–H and O–H groups in total. The fourth-order valence-electron chi connectivity index (χ4n) is 2.52. The first-order chi connectivity index (χ1) is 12.0. The van der Waals surface area contributed by atoms with E-state index in [-0.39, 0.29) is 11.5 Å². The van der Waals surface area contributed by atoms with Crippen LogP contribution < -0.4 is 0 Å². The minimum atomic E-state index is 0.0599. The number of benzene rings is 1. The second kappa shape index (κ2) is 7.18. The van der Waals surface area contributed by atoms with Gasteiger partial charge in [0, 0.05) is 5.56 Å². The predicted octanol–water partition coefficient (Wildman–Crippen LogP) is 2.92. The van der Waals surface area contributed by atoms with Gasteiger partial charge in [0.05, 0.1) is 5.75 Å². The molecule has 130 valence electrons. The lowest BCUT2D eigenvalue weighted by molar-refractivity contribution is 0.102. The van der Waals surface area contributed by atoms with Crippen molar-refractivity contribution in [2.24, 2.45) is 0 Å². The van der Waals surface area contributed by atoms with E-state index in [1.165, 1.54) is 29.2 Å². The summed E-state index contributed by atoms with van der Waals surface area (Å²) in [6.07, 6.45) is 3.02. The van der Waals surface area contributed by atoms with E-state index in [1.807, 2.05) is 19.9 Å². The van der Waals surface area contributed by atoms with E-state index in [4.69, 9.17) is 4.42 Å². The molecule has 2 aromatic heterocycles. The Hall–Kier alpha value is -2.48. The molecule has 0 saturated heterocycles. The number of aryl methyl sites for hydroxylation is 1. The van der Waals surface area contributed by atoms with Gasteiger partial charge in [0.25, 0.3) is 5.22 Å². The zero-order valence-corrected chi connectivity index (χ0v) is 15.4. The molecular formula is C17H19N5O2S. The Morgan fingerprint density at radius 1 is 1.16 bits per heavy atom. The summed E-state index contributed by atoms with van der Waals surface area (Å²) >= 11 is 1.25. The van der Waals surface area contributed by atoms with Crippen LogP contribution in [0.3, 0.4) is 0 Å². The molecule has 0 amide bonds. The normalized spacial score (nSPS) is 11.0. The molecular weight excluding hydrogens is 338 g/mol. The molecule has 0 atom stereocenters. The Balaban J connectivity index is 1.66. The Morgan fingerprint density at radius 3 is 2.68 bits per heavy atom. The maximum absolute atomic E-state index is 12.6. The van der Waals surface area contributed by atoms with Crippen LogP contribution in [0.4, 0.5) is 0 Å². The van der Waals surface area contributed by atoms with E-state index in [0.29, 0.717) is 17.7 Å². The monoisotopic (exact) mass is 357 g/mol. The minimum absolute atomic E-state index is 0.0599. The minimum Gasteiger partial charge on any atom is -0.414 e. The number of carbonyl (C=O) groups is 1. The van der Waals surface area contributed by atoms with E-state index in [9.17, 15) is 4.79 Å². The summed E-state index contributed by atoms with van der Waals surface area (Å²) in [4.78, 5) is 16.4. The lowest BCUT2D eigenvalue weighted by Gasteiger charge is -2.13. The molecule has 0 bridgehead atoms. The van der Waals surface area contributed by atoms with Gasteiger partial charge in [-0.25, -0.2) is 9.67 Å². The van der Waals surface area contributed by atoms with E-state index in [2.05, 4.69) is 34.1 Å². The molecule has 8 heteroatoms. The molecule has 3 aromatic rings. The van der Waals surface area contributed by atoms with Crippen molar-refractivity contribution >= 4 is 17.5 Å². The molecule has 7 nitrogen and oxygen atoms in total. The largest absolute Gasteiger partial charge is 0.414 e. The molecule has 0 fully saturated rings. The Labute approximate surface area is 149 Å². The predicted molar refractivity (Wildman–Crippen MR) is 93.9 cm³/mol. The van der Waals surface area contributed by atoms with Crippen LogP contribution in [-0.4, -0.2) is 36.5 Å². The van der Waals surface area contributed by atoms with Crippen LogP contribution in [0, 0.1) is 27.7 Å². The first-order valence-electron chi connectivity index (χ1n) is 7.84. The van der Waals surface area contributed by atoms with Crippen LogP contribution in [0.15, 0.2) is 28.4 Å². The number of ketones is 1. The summed E-state index contributed by atoms with van der Waals surface area (Å²) in [5.74, 6) is 0.747. The smallest absolute Gasteiger partial charge is 0.277 e. The molecule has 0 unspecified atom stereocenters. The van der Waals surface area contributed by atoms with Gasteiger partial charge < -0.3 is 4.42 Å². The van der Waals surface area contributed by atoms with Crippen LogP contribution >= 0.6 is 11.8 Å². The van der Waals surface area contributed by atoms with Gasteiger partial charge in [0.2, 0.25) is 5.89 Å². The van der Waals surface area contributed by atoms with Gasteiger partial charge in [-0.3, -0.25) is 4.79 Å². The van der Waals surface area contributed by atoms with Crippen LogP contribution in [0.2, 0.25) is 0 Å². The Morgan fingerprint density at radius 2 is 1.96 bits per heavy atom. The molecule has 0 saturated carbocycles. The molecule has 0 spiro atoms. The second-order valence-electron chi connectivity index (χ2n) is 5.88. The zero-order valence-electron chi connectivity index (χ0n) is 14.6. The van der Waals surface area contributed by atoms with Gasteiger partial charge in [0.1, 0.15) is 19.2 Å². The number of nitrogens with zero attached hydrogens (tertiary/aromatic N) is 5. The molecule has 0 aliphatic carbocycles. The Bertz CT molecular complexity index is 902. The van der Waals surface area contributed by atoms with Crippen molar-refractivity contribution in [1.82, 2.24) is 25.0 Å². The molecule has 0 radical (unpaired) electrons. The van der Waals surface area contributed by atoms with Crippen molar-refractivity contribution in [2.45, 2.75) is 39.5 Å². The van der Waals surface area contributed by atoms with Crippen molar-refractivity contribution in [3.05, 3.63) is 52.4 Å². The number of rotatable bonds is 6. The highest BCUT2D eigenvalue weighted by Crippen LogP contribution is 2.24. The third-order valence-corrected chi connectivity index (χ3v) is 5.14. The fourth-order valence-corrected chi connectivity index (χ4v) is 3.18. The first kappa shape index (κ1) is 17.3. The maximum atomic E-state index is 12.6. The molecule has 3 rings (SSSR count). The average molecular weight is 357 g/mol. The zero-order chi connectivity index (χ0) is 18.0. The van der Waals surface area contributed by atoms with E-state index >= 15 is 0 Å². The summed E-state index contributed by atoms with van der Waals surface area (Å²) < 4.78 is 7.13. The van der Waals surface area contributed by atoms with Crippen molar-refractivity contribution in [3.63, 3.8) is 0 Å². The Kier molecular flexibility index (Phi) is 4.98. The molecule has 1 aromatic carbocycles. The van der Waals surface area contributed by atoms with Gasteiger partial charge >= 0.3 is 0 Å². The van der Waals surface area contributed by atoms with Gasteiger partial charge in [0.15, 0.2) is 5.78 Å². The van der Waals surface area contributed by atoms with E-state index in [0.717, 1.165) is 16.7 Å². The quantitative estimate of drug-likeness (QED) is 0.495. The SMILES string of the molecule is Cc1cc(C(=O)CSc2nnc(Cn3cncn3)o2)c(C)c(C)c1C. The van der Waals surface area contributed by atoms with Crippen LogP contribution in [0.1, 0.15) is 38.5 Å². The van der Waals surface area contributed by atoms with Crippen molar-refractivity contribution in [2.75, 3.05) is 5.75 Å². The van der Waals surface area contributed by atoms with Gasteiger partial charge in [-0.15, -0.1) is 10.2 Å². The van der Waals surface area contributed by atoms with Gasteiger partial charge in [-0.2, -0.15) is 5.10 Å². The third kappa shape index (κ3) is 3.79. The molecule has 0 aliphatic heterocycles. The van der Waals surface area contributed by atoms with Gasteiger partial charge in [-0.1, -0.05) is 11.8 Å². The topological polar surface area (TPSA) is 86.7 Å². The highest BCUT2D eigenvalue weighted by molar-refractivity contribution is 7.99. The number of hydrogen-bond donors (Lipinski definition) is 0. The van der Waals surface area contributed by atoms with Crippen molar-refractivity contribution < 1.29 is 9.21 Å². The second-order valence-corrected chi connectivity index (χ2v) is 6.81. The summed E-state index contributed by atoms with van der Waals surface area (Å²) in [6.45, 7) is 8.51. The number of aromatic nitrogens is 5. The van der Waals surface area contributed by atoms with Crippen LogP contribution in [-0.2, 0) is 6.54 Å². The van der Waals surface area contributed by atoms with E-state index < -0.39 is 0 Å². The number of Topliss-reactive ketones (excluding diaryl/α,β-unsaturated/α-hetero) is 1. The third-order valence-electron chi connectivity index (χ3n) is 4.32. The lowest BCUT2D eigenvalue weighted by atomic mass is 9.93. The maximum Gasteiger partial charge on any atom is 0.277 e. The average Bonchev–Trinajstić information content (AvgIpc) is 3.26. The number of thioether (sulfide) groups is 1. The lowest BCUT2D eigenvalue weighted by Crippen LogP contribution is -2.08. The summed E-state index contributed by atoms with van der Waals surface area (Å²) in [6, 6.07) is 1.96. The van der Waals surface area contributed by atoms with E-state index in [1.54, 1.807) is 11.0 Å². The first-order valence-corrected chi connectivity index (χ1v) is 8.82. The highest BCUT2D eigenvalue weighted by atomic mass is 32.2. The highest BCUT2D eigenvalue weighted by Gasteiger charge is 2.16. The van der Waals surface area contributed by atoms with Crippen LogP contribution in [0.25, 0.3) is 0 Å².